The Labute approximate surface area is 118 Å². The van der Waals surface area contributed by atoms with E-state index in [0.717, 1.165) is 5.69 Å². The van der Waals surface area contributed by atoms with Gasteiger partial charge in [-0.2, -0.15) is 0 Å². The molecule has 0 aliphatic rings. The first-order valence-electron chi connectivity index (χ1n) is 5.54. The average Bonchev–Trinajstić information content (AvgIpc) is 2.38. The Hall–Kier alpha value is -2.14. The number of hydrogen-bond acceptors (Lipinski definition) is 4. The SMILES string of the molecule is CN(C)c1ccc(N=Nc2cccc[n+]2[O-])cc1.[Cl-]. The van der Waals surface area contributed by atoms with Gasteiger partial charge in [-0.05, 0) is 35.4 Å². The van der Waals surface area contributed by atoms with Crippen LogP contribution >= 0.6 is 0 Å². The molecule has 2 rings (SSSR count). The Morgan fingerprint density at radius 2 is 1.68 bits per heavy atom. The van der Waals surface area contributed by atoms with E-state index in [1.54, 1.807) is 18.2 Å². The van der Waals surface area contributed by atoms with E-state index in [9.17, 15) is 5.21 Å². The molecule has 100 valence electrons. The highest BCUT2D eigenvalue weighted by molar-refractivity contribution is 5.51. The lowest BCUT2D eigenvalue weighted by molar-refractivity contribution is -0.591. The van der Waals surface area contributed by atoms with Crippen molar-refractivity contribution in [1.29, 1.82) is 0 Å². The van der Waals surface area contributed by atoms with Crippen LogP contribution in [0.2, 0.25) is 0 Å². The summed E-state index contributed by atoms with van der Waals surface area (Å²) < 4.78 is 0.678. The molecule has 1 heterocycles. The van der Waals surface area contributed by atoms with Crippen molar-refractivity contribution >= 4 is 17.2 Å². The van der Waals surface area contributed by atoms with Gasteiger partial charge in [0.2, 0.25) is 0 Å². The summed E-state index contributed by atoms with van der Waals surface area (Å²) in [5.74, 6) is 0.272. The van der Waals surface area contributed by atoms with Crippen LogP contribution in [0.3, 0.4) is 0 Å². The summed E-state index contributed by atoms with van der Waals surface area (Å²) in [5.41, 5.74) is 1.80. The molecular formula is C13H14ClN4O-. The fraction of sp³-hybridized carbons (Fsp3) is 0.154. The van der Waals surface area contributed by atoms with E-state index in [-0.39, 0.29) is 18.2 Å². The fourth-order valence-electron chi connectivity index (χ4n) is 1.42. The van der Waals surface area contributed by atoms with Crippen molar-refractivity contribution in [2.75, 3.05) is 19.0 Å². The first kappa shape index (κ1) is 14.9. The van der Waals surface area contributed by atoms with E-state index in [4.69, 9.17) is 0 Å². The van der Waals surface area contributed by atoms with Crippen LogP contribution in [0.4, 0.5) is 17.2 Å². The van der Waals surface area contributed by atoms with Gasteiger partial charge in [0.1, 0.15) is 5.69 Å². The highest BCUT2D eigenvalue weighted by Crippen LogP contribution is 2.19. The highest BCUT2D eigenvalue weighted by atomic mass is 35.5. The number of azo groups is 1. The molecule has 0 atom stereocenters. The number of anilines is 1. The molecule has 0 fully saturated rings. The van der Waals surface area contributed by atoms with Gasteiger partial charge in [-0.1, -0.05) is 6.07 Å². The molecule has 0 bridgehead atoms. The Bertz CT molecular complexity index is 555. The molecule has 6 heteroatoms. The van der Waals surface area contributed by atoms with Crippen LogP contribution in [0.25, 0.3) is 0 Å². The van der Waals surface area contributed by atoms with Gasteiger partial charge in [0.25, 0.3) is 0 Å². The van der Waals surface area contributed by atoms with Crippen molar-refractivity contribution in [1.82, 2.24) is 0 Å². The molecule has 0 unspecified atom stereocenters. The van der Waals surface area contributed by atoms with Crippen molar-refractivity contribution in [2.24, 2.45) is 10.2 Å². The minimum atomic E-state index is 0. The zero-order valence-electron chi connectivity index (χ0n) is 10.7. The van der Waals surface area contributed by atoms with Gasteiger partial charge in [0, 0.05) is 25.8 Å². The molecular weight excluding hydrogens is 264 g/mol. The molecule has 0 radical (unpaired) electrons. The van der Waals surface area contributed by atoms with Gasteiger partial charge in [-0.25, -0.2) is 4.73 Å². The predicted octanol–water partition coefficient (Wildman–Crippen LogP) is -0.195. The maximum absolute atomic E-state index is 11.3. The lowest BCUT2D eigenvalue weighted by Crippen LogP contribution is -3.00. The standard InChI is InChI=1S/C13H14N4O.ClH/c1-16(2)12-8-6-11(7-9-12)14-15-13-5-3-4-10-17(13)18;/h3-10H,1-2H3;1H/p-1. The zero-order valence-corrected chi connectivity index (χ0v) is 11.4. The number of hydrogen-bond donors (Lipinski definition) is 0. The Balaban J connectivity index is 0.00000180. The van der Waals surface area contributed by atoms with Gasteiger partial charge < -0.3 is 22.5 Å². The summed E-state index contributed by atoms with van der Waals surface area (Å²) in [6.45, 7) is 0. The minimum Gasteiger partial charge on any atom is -1.00 e. The maximum Gasteiger partial charge on any atom is 0.353 e. The second-order valence-corrected chi connectivity index (χ2v) is 4.00. The lowest BCUT2D eigenvalue weighted by Gasteiger charge is -2.11. The Morgan fingerprint density at radius 3 is 2.26 bits per heavy atom. The quantitative estimate of drug-likeness (QED) is 0.443. The summed E-state index contributed by atoms with van der Waals surface area (Å²) >= 11 is 0. The largest absolute Gasteiger partial charge is 1.00 e. The van der Waals surface area contributed by atoms with Crippen LogP contribution in [0.15, 0.2) is 58.9 Å². The Morgan fingerprint density at radius 1 is 1.00 bits per heavy atom. The van der Waals surface area contributed by atoms with E-state index < -0.39 is 0 Å². The van der Waals surface area contributed by atoms with E-state index in [2.05, 4.69) is 10.2 Å². The molecule has 0 aliphatic heterocycles. The maximum atomic E-state index is 11.3. The smallest absolute Gasteiger partial charge is 0.353 e. The third-order valence-electron chi connectivity index (χ3n) is 2.44. The van der Waals surface area contributed by atoms with Gasteiger partial charge in [-0.3, -0.25) is 0 Å². The second-order valence-electron chi connectivity index (χ2n) is 4.00. The molecule has 0 N–H and O–H groups in total. The minimum absolute atomic E-state index is 0. The summed E-state index contributed by atoms with van der Waals surface area (Å²) in [5, 5.41) is 19.3. The van der Waals surface area contributed by atoms with Crippen molar-refractivity contribution in [2.45, 2.75) is 0 Å². The van der Waals surface area contributed by atoms with Gasteiger partial charge in [0.15, 0.2) is 0 Å². The molecule has 0 saturated carbocycles. The summed E-state index contributed by atoms with van der Waals surface area (Å²) in [4.78, 5) is 2.00. The van der Waals surface area contributed by atoms with E-state index in [1.807, 2.05) is 43.3 Å². The molecule has 5 nitrogen and oxygen atoms in total. The van der Waals surface area contributed by atoms with Crippen LogP contribution in [0.5, 0.6) is 0 Å². The Kier molecular flexibility index (Phi) is 5.26. The van der Waals surface area contributed by atoms with E-state index in [1.165, 1.54) is 6.20 Å². The number of halogens is 1. The third kappa shape index (κ3) is 3.93. The van der Waals surface area contributed by atoms with Crippen molar-refractivity contribution in [3.05, 3.63) is 53.9 Å². The second kappa shape index (κ2) is 6.70. The van der Waals surface area contributed by atoms with Crippen LogP contribution in [-0.2, 0) is 0 Å². The molecule has 0 amide bonds. The normalized spacial score (nSPS) is 10.2. The van der Waals surface area contributed by atoms with Crippen LogP contribution in [0.1, 0.15) is 0 Å². The zero-order chi connectivity index (χ0) is 13.0. The van der Waals surface area contributed by atoms with Crippen LogP contribution in [0, 0.1) is 5.21 Å². The van der Waals surface area contributed by atoms with Crippen molar-refractivity contribution in [3.63, 3.8) is 0 Å². The lowest BCUT2D eigenvalue weighted by atomic mass is 10.3. The molecule has 0 aliphatic carbocycles. The van der Waals surface area contributed by atoms with E-state index >= 15 is 0 Å². The summed E-state index contributed by atoms with van der Waals surface area (Å²) in [6.07, 6.45) is 1.39. The van der Waals surface area contributed by atoms with Crippen molar-refractivity contribution in [3.8, 4) is 0 Å². The highest BCUT2D eigenvalue weighted by Gasteiger charge is 2.02. The number of pyridine rings is 1. The van der Waals surface area contributed by atoms with Crippen LogP contribution < -0.4 is 22.0 Å². The molecule has 19 heavy (non-hydrogen) atoms. The van der Waals surface area contributed by atoms with Crippen molar-refractivity contribution < 1.29 is 17.1 Å². The molecule has 0 saturated heterocycles. The molecule has 1 aromatic heterocycles. The fourth-order valence-corrected chi connectivity index (χ4v) is 1.42. The average molecular weight is 278 g/mol. The molecule has 0 spiro atoms. The number of rotatable bonds is 3. The molecule has 2 aromatic rings. The first-order chi connectivity index (χ1) is 8.66. The predicted molar refractivity (Wildman–Crippen MR) is 70.3 cm³/mol. The summed E-state index contributed by atoms with van der Waals surface area (Å²) in [7, 11) is 3.95. The van der Waals surface area contributed by atoms with Gasteiger partial charge >= 0.3 is 5.82 Å². The van der Waals surface area contributed by atoms with E-state index in [0.29, 0.717) is 10.4 Å². The first-order valence-corrected chi connectivity index (χ1v) is 5.54. The number of nitrogens with zero attached hydrogens (tertiary/aromatic N) is 4. The number of aromatic nitrogens is 1. The molecule has 1 aromatic carbocycles. The van der Waals surface area contributed by atoms with Gasteiger partial charge in [-0.15, -0.1) is 0 Å². The number of benzene rings is 1. The van der Waals surface area contributed by atoms with Gasteiger partial charge in [0.05, 0.1) is 11.3 Å². The third-order valence-corrected chi connectivity index (χ3v) is 2.44. The monoisotopic (exact) mass is 277 g/mol. The van der Waals surface area contributed by atoms with Crippen LogP contribution in [-0.4, -0.2) is 14.1 Å². The summed E-state index contributed by atoms with van der Waals surface area (Å²) in [6, 6.07) is 12.6. The topological polar surface area (TPSA) is 54.9 Å².